The van der Waals surface area contributed by atoms with Crippen LogP contribution in [0.3, 0.4) is 0 Å². The molecule has 0 spiro atoms. The van der Waals surface area contributed by atoms with Gasteiger partial charge in [0.25, 0.3) is 0 Å². The van der Waals surface area contributed by atoms with Crippen molar-refractivity contribution in [2.24, 2.45) is 0 Å². The molecule has 4 N–H and O–H groups in total. The Bertz CT molecular complexity index is 1920. The molecule has 4 heterocycles. The largest absolute Gasteiger partial charge is 0.375 e. The maximum atomic E-state index is 14.4. The van der Waals surface area contributed by atoms with Crippen molar-refractivity contribution < 1.29 is 14.4 Å². The Balaban J connectivity index is 1.19. The first-order valence-corrected chi connectivity index (χ1v) is 16.6. The number of carbonyl (C=O) groups excluding carboxylic acids is 3. The summed E-state index contributed by atoms with van der Waals surface area (Å²) in [7, 11) is 0. The van der Waals surface area contributed by atoms with Crippen LogP contribution in [0.1, 0.15) is 30.0 Å². The van der Waals surface area contributed by atoms with Crippen LogP contribution in [0.4, 0.5) is 9.93 Å². The highest BCUT2D eigenvalue weighted by atomic mass is 32.1. The quantitative estimate of drug-likeness (QED) is 0.203. The fraction of sp³-hybridized carbons (Fsp3) is 0.303. The number of benzene rings is 3. The number of amides is 4. The van der Waals surface area contributed by atoms with Crippen LogP contribution in [0.25, 0.3) is 21.6 Å². The summed E-state index contributed by atoms with van der Waals surface area (Å²) in [5.74, 6) is 0.166. The zero-order valence-electron chi connectivity index (χ0n) is 26.3. The number of anilines is 1. The van der Waals surface area contributed by atoms with Gasteiger partial charge >= 0.3 is 6.03 Å². The van der Waals surface area contributed by atoms with Crippen LogP contribution in [0.15, 0.2) is 72.8 Å². The number of piperazine rings is 1. The van der Waals surface area contributed by atoms with E-state index in [-0.39, 0.29) is 37.5 Å². The number of nitrogens with two attached hydrogens (primary N) is 1. The summed E-state index contributed by atoms with van der Waals surface area (Å²) in [6.45, 7) is 3.24. The van der Waals surface area contributed by atoms with Gasteiger partial charge in [-0.3, -0.25) is 14.6 Å². The number of nitrogen functional groups attached to an aromatic ring is 1. The van der Waals surface area contributed by atoms with Crippen molar-refractivity contribution in [1.82, 2.24) is 50.7 Å². The minimum Gasteiger partial charge on any atom is -0.375 e. The van der Waals surface area contributed by atoms with Crippen molar-refractivity contribution in [3.05, 3.63) is 89.5 Å². The van der Waals surface area contributed by atoms with E-state index in [4.69, 9.17) is 5.73 Å². The molecule has 0 saturated carbocycles. The molecule has 246 valence electrons. The lowest BCUT2D eigenvalue weighted by atomic mass is 9.99. The molecule has 0 bridgehead atoms. The molecule has 2 aliphatic heterocycles. The number of aromatic nitrogens is 5. The van der Waals surface area contributed by atoms with E-state index in [1.165, 1.54) is 11.3 Å². The Morgan fingerprint density at radius 3 is 2.62 bits per heavy atom. The molecule has 4 amide bonds. The number of hydrogen-bond acceptors (Lipinski definition) is 10. The van der Waals surface area contributed by atoms with Gasteiger partial charge in [0, 0.05) is 31.6 Å². The Kier molecular flexibility index (Phi) is 8.69. The molecule has 14 nitrogen and oxygen atoms in total. The van der Waals surface area contributed by atoms with E-state index in [1.54, 1.807) is 14.8 Å². The summed E-state index contributed by atoms with van der Waals surface area (Å²) in [5.41, 5.74) is 10.3. The number of nitrogens with zero attached hydrogens (tertiary/aromatic N) is 8. The maximum absolute atomic E-state index is 14.4. The molecule has 7 rings (SSSR count). The first-order valence-electron chi connectivity index (χ1n) is 15.8. The minimum atomic E-state index is -0.783. The summed E-state index contributed by atoms with van der Waals surface area (Å²) < 4.78 is 0.941. The highest BCUT2D eigenvalue weighted by Crippen LogP contribution is 2.32. The first kappa shape index (κ1) is 31.2. The first-order chi connectivity index (χ1) is 23.4. The van der Waals surface area contributed by atoms with Gasteiger partial charge in [-0.05, 0) is 39.6 Å². The fourth-order valence-electron chi connectivity index (χ4n) is 6.47. The second-order valence-electron chi connectivity index (χ2n) is 11.8. The summed E-state index contributed by atoms with van der Waals surface area (Å²) in [4.78, 5) is 49.9. The molecule has 3 aromatic carbocycles. The smallest absolute Gasteiger partial charge is 0.332 e. The molecule has 2 atom stereocenters. The number of nitrogens with one attached hydrogen (secondary N) is 2. The fourth-order valence-corrected chi connectivity index (χ4v) is 7.26. The Morgan fingerprint density at radius 1 is 1.06 bits per heavy atom. The normalized spacial score (nSPS) is 18.0. The summed E-state index contributed by atoms with van der Waals surface area (Å²) in [6, 6.07) is 22.0. The number of para-hydroxylation sites is 1. The van der Waals surface area contributed by atoms with E-state index in [9.17, 15) is 14.4 Å². The van der Waals surface area contributed by atoms with Gasteiger partial charge in [-0.2, -0.15) is 5.01 Å². The Morgan fingerprint density at radius 2 is 1.88 bits per heavy atom. The number of carbonyl (C=O) groups is 3. The van der Waals surface area contributed by atoms with Crippen molar-refractivity contribution in [2.45, 2.75) is 45.1 Å². The van der Waals surface area contributed by atoms with Gasteiger partial charge in [0.05, 0.1) is 23.3 Å². The van der Waals surface area contributed by atoms with Crippen LogP contribution >= 0.6 is 11.3 Å². The molecule has 48 heavy (non-hydrogen) atoms. The van der Waals surface area contributed by atoms with Crippen LogP contribution in [0, 0.1) is 0 Å². The van der Waals surface area contributed by atoms with E-state index in [0.717, 1.165) is 32.5 Å². The highest BCUT2D eigenvalue weighted by Gasteiger charge is 2.52. The summed E-state index contributed by atoms with van der Waals surface area (Å²) in [6.07, 6.45) is 0.429. The monoisotopic (exact) mass is 665 g/mol. The molecule has 15 heteroatoms. The number of urea groups is 1. The predicted octanol–water partition coefficient (Wildman–Crippen LogP) is 3.02. The number of rotatable bonds is 10. The minimum absolute atomic E-state index is 0.0172. The van der Waals surface area contributed by atoms with Crippen molar-refractivity contribution in [2.75, 3.05) is 25.4 Å². The number of H-pyrrole nitrogens is 1. The third kappa shape index (κ3) is 6.16. The molecule has 0 aliphatic carbocycles. The highest BCUT2D eigenvalue weighted by molar-refractivity contribution is 7.22. The Hall–Kier alpha value is -5.41. The van der Waals surface area contributed by atoms with Crippen LogP contribution < -0.4 is 11.1 Å². The van der Waals surface area contributed by atoms with Gasteiger partial charge in [0.2, 0.25) is 11.8 Å². The van der Waals surface area contributed by atoms with Crippen LogP contribution in [0.5, 0.6) is 0 Å². The molecular weight excluding hydrogens is 631 g/mol. The average Bonchev–Trinajstić information content (AvgIpc) is 3.84. The number of hydrazine groups is 1. The number of thiazole rings is 1. The van der Waals surface area contributed by atoms with Crippen molar-refractivity contribution in [3.8, 4) is 11.4 Å². The predicted molar refractivity (Wildman–Crippen MR) is 180 cm³/mol. The lowest BCUT2D eigenvalue weighted by molar-refractivity contribution is -0.157. The van der Waals surface area contributed by atoms with Crippen LogP contribution in [-0.4, -0.2) is 95.1 Å². The van der Waals surface area contributed by atoms with Gasteiger partial charge in [0.1, 0.15) is 12.2 Å². The second kappa shape index (κ2) is 13.4. The van der Waals surface area contributed by atoms with E-state index < -0.39 is 12.2 Å². The van der Waals surface area contributed by atoms with E-state index in [2.05, 4.69) is 30.9 Å². The average molecular weight is 666 g/mol. The number of fused-ring (bicyclic) bond motifs is 2. The molecule has 2 saturated heterocycles. The molecular formula is C33H35N11O3S. The third-order valence-corrected chi connectivity index (χ3v) is 9.56. The molecule has 0 unspecified atom stereocenters. The standard InChI is InChI=1S/C33H35N11O3S/c1-2-15-42(33(47)35-17-22-7-4-3-5-8-22)43-20-28(45)44-25(16-21-11-13-23(14-12-21)30-37-39-40-38-30)31(46)41(19-27(43)44)18-24-9-6-10-26-29(24)36-32(34)48-26/h3-14,25,27H,2,15-20H2,1H3,(H2,34,36)(H,35,47)(H,37,38,39,40)/t25-,27+/m0/s1. The lowest BCUT2D eigenvalue weighted by Gasteiger charge is -2.46. The van der Waals surface area contributed by atoms with Crippen molar-refractivity contribution in [3.63, 3.8) is 0 Å². The second-order valence-corrected chi connectivity index (χ2v) is 12.9. The molecule has 0 radical (unpaired) electrons. The molecule has 2 aliphatic rings. The summed E-state index contributed by atoms with van der Waals surface area (Å²) in [5, 5.41) is 20.9. The zero-order valence-corrected chi connectivity index (χ0v) is 27.1. The van der Waals surface area contributed by atoms with E-state index >= 15 is 0 Å². The lowest BCUT2D eigenvalue weighted by Crippen LogP contribution is -2.66. The summed E-state index contributed by atoms with van der Waals surface area (Å²) >= 11 is 1.40. The maximum Gasteiger partial charge on any atom is 0.332 e. The van der Waals surface area contributed by atoms with Gasteiger partial charge < -0.3 is 20.9 Å². The Labute approximate surface area is 280 Å². The van der Waals surface area contributed by atoms with Gasteiger partial charge in [0.15, 0.2) is 11.0 Å². The van der Waals surface area contributed by atoms with Gasteiger partial charge in [-0.1, -0.05) is 85.0 Å². The number of aromatic amines is 1. The van der Waals surface area contributed by atoms with Crippen molar-refractivity contribution in [1.29, 1.82) is 0 Å². The molecule has 2 fully saturated rings. The SMILES string of the molecule is CCCN(C(=O)NCc1ccccc1)N1CC(=O)N2[C@@H](Cc3ccc(-c4nnn[nH]4)cc3)C(=O)N(Cc3cccc4sc(N)nc34)C[C@@H]21. The van der Waals surface area contributed by atoms with E-state index in [1.807, 2.05) is 84.7 Å². The van der Waals surface area contributed by atoms with Crippen LogP contribution in [0.2, 0.25) is 0 Å². The zero-order chi connectivity index (χ0) is 33.2. The number of hydrogen-bond donors (Lipinski definition) is 3. The molecule has 2 aromatic heterocycles. The van der Waals surface area contributed by atoms with Crippen LogP contribution in [-0.2, 0) is 29.1 Å². The number of tetrazole rings is 1. The molecule has 5 aromatic rings. The van der Waals surface area contributed by atoms with E-state index in [0.29, 0.717) is 36.9 Å². The third-order valence-electron chi connectivity index (χ3n) is 8.72. The van der Waals surface area contributed by atoms with Gasteiger partial charge in [-0.15, -0.1) is 5.10 Å². The van der Waals surface area contributed by atoms with Gasteiger partial charge in [-0.25, -0.2) is 14.9 Å². The van der Waals surface area contributed by atoms with Crippen molar-refractivity contribution >= 4 is 44.5 Å². The topological polar surface area (TPSA) is 170 Å².